The van der Waals surface area contributed by atoms with Gasteiger partial charge in [0.05, 0.1) is 6.04 Å². The van der Waals surface area contributed by atoms with Gasteiger partial charge in [-0.05, 0) is 25.8 Å². The van der Waals surface area contributed by atoms with E-state index in [2.05, 4.69) is 22.5 Å². The average molecular weight is 211 g/mol. The van der Waals surface area contributed by atoms with Crippen molar-refractivity contribution in [1.82, 2.24) is 15.5 Å². The molecular formula is C11H21N3O. The maximum Gasteiger partial charge on any atom is 0.237 e. The lowest BCUT2D eigenvalue weighted by atomic mass is 10.0. The van der Waals surface area contributed by atoms with Crippen molar-refractivity contribution in [3.8, 4) is 0 Å². The standard InChI is InChI=1S/C11H21N3O/c1-2-10-11(15)13-6-7-14(10)9-4-3-5-12-8-9/h9-10,12H,2-8H2,1H3,(H,13,15). The summed E-state index contributed by atoms with van der Waals surface area (Å²) < 4.78 is 0. The van der Waals surface area contributed by atoms with Crippen molar-refractivity contribution < 1.29 is 4.79 Å². The van der Waals surface area contributed by atoms with Gasteiger partial charge in [0, 0.05) is 25.7 Å². The SMILES string of the molecule is CCC1C(=O)NCCN1C1CCCNC1. The van der Waals surface area contributed by atoms with E-state index in [-0.39, 0.29) is 11.9 Å². The third kappa shape index (κ3) is 2.32. The Hall–Kier alpha value is -0.610. The van der Waals surface area contributed by atoms with Crippen LogP contribution < -0.4 is 10.6 Å². The molecule has 4 nitrogen and oxygen atoms in total. The summed E-state index contributed by atoms with van der Waals surface area (Å²) in [6.07, 6.45) is 3.39. The van der Waals surface area contributed by atoms with E-state index < -0.39 is 0 Å². The molecule has 2 aliphatic rings. The predicted octanol–water partition coefficient (Wildman–Crippen LogP) is -0.0512. The Labute approximate surface area is 91.4 Å². The topological polar surface area (TPSA) is 44.4 Å². The minimum absolute atomic E-state index is 0.101. The molecule has 0 aromatic rings. The van der Waals surface area contributed by atoms with Gasteiger partial charge in [-0.1, -0.05) is 6.92 Å². The lowest BCUT2D eigenvalue weighted by molar-refractivity contribution is -0.130. The summed E-state index contributed by atoms with van der Waals surface area (Å²) in [4.78, 5) is 14.1. The molecule has 0 aliphatic carbocycles. The van der Waals surface area contributed by atoms with Gasteiger partial charge in [0.25, 0.3) is 0 Å². The number of amides is 1. The molecule has 2 saturated heterocycles. The first kappa shape index (κ1) is 10.9. The van der Waals surface area contributed by atoms with Crippen LogP contribution in [0.25, 0.3) is 0 Å². The second-order valence-electron chi connectivity index (χ2n) is 4.45. The minimum Gasteiger partial charge on any atom is -0.353 e. The molecule has 2 unspecified atom stereocenters. The highest BCUT2D eigenvalue weighted by atomic mass is 16.2. The Balaban J connectivity index is 2.00. The summed E-state index contributed by atoms with van der Waals surface area (Å²) >= 11 is 0. The molecule has 0 bridgehead atoms. The Kier molecular flexibility index (Phi) is 3.59. The zero-order valence-corrected chi connectivity index (χ0v) is 9.46. The van der Waals surface area contributed by atoms with Crippen LogP contribution in [-0.2, 0) is 4.79 Å². The molecule has 0 aromatic carbocycles. The molecule has 0 spiro atoms. The van der Waals surface area contributed by atoms with Crippen molar-refractivity contribution in [2.75, 3.05) is 26.2 Å². The fourth-order valence-corrected chi connectivity index (χ4v) is 2.71. The van der Waals surface area contributed by atoms with Gasteiger partial charge in [-0.3, -0.25) is 9.69 Å². The van der Waals surface area contributed by atoms with Gasteiger partial charge >= 0.3 is 0 Å². The molecule has 2 rings (SSSR count). The monoisotopic (exact) mass is 211 g/mol. The van der Waals surface area contributed by atoms with Crippen molar-refractivity contribution in [3.05, 3.63) is 0 Å². The van der Waals surface area contributed by atoms with E-state index in [0.29, 0.717) is 6.04 Å². The third-order valence-electron chi connectivity index (χ3n) is 3.50. The molecule has 0 radical (unpaired) electrons. The van der Waals surface area contributed by atoms with Gasteiger partial charge in [0.1, 0.15) is 0 Å². The van der Waals surface area contributed by atoms with E-state index in [1.54, 1.807) is 0 Å². The maximum absolute atomic E-state index is 11.7. The van der Waals surface area contributed by atoms with E-state index in [1.807, 2.05) is 0 Å². The lowest BCUT2D eigenvalue weighted by Gasteiger charge is -2.41. The zero-order chi connectivity index (χ0) is 10.7. The van der Waals surface area contributed by atoms with Gasteiger partial charge < -0.3 is 10.6 Å². The fraction of sp³-hybridized carbons (Fsp3) is 0.909. The van der Waals surface area contributed by atoms with E-state index >= 15 is 0 Å². The highest BCUT2D eigenvalue weighted by Gasteiger charge is 2.33. The number of nitrogens with zero attached hydrogens (tertiary/aromatic N) is 1. The maximum atomic E-state index is 11.7. The van der Waals surface area contributed by atoms with E-state index in [9.17, 15) is 4.79 Å². The first-order valence-electron chi connectivity index (χ1n) is 6.07. The van der Waals surface area contributed by atoms with Crippen LogP contribution in [0.15, 0.2) is 0 Å². The number of piperazine rings is 1. The second-order valence-corrected chi connectivity index (χ2v) is 4.45. The van der Waals surface area contributed by atoms with Gasteiger partial charge in [0.15, 0.2) is 0 Å². The fourth-order valence-electron chi connectivity index (χ4n) is 2.71. The van der Waals surface area contributed by atoms with Gasteiger partial charge in [-0.2, -0.15) is 0 Å². The molecule has 4 heteroatoms. The van der Waals surface area contributed by atoms with Gasteiger partial charge in [0.2, 0.25) is 5.91 Å². The van der Waals surface area contributed by atoms with Gasteiger partial charge in [-0.15, -0.1) is 0 Å². The molecule has 86 valence electrons. The van der Waals surface area contributed by atoms with Crippen molar-refractivity contribution in [3.63, 3.8) is 0 Å². The number of nitrogens with one attached hydrogen (secondary N) is 2. The smallest absolute Gasteiger partial charge is 0.237 e. The summed E-state index contributed by atoms with van der Waals surface area (Å²) in [6, 6.07) is 0.665. The van der Waals surface area contributed by atoms with Crippen LogP contribution in [0, 0.1) is 0 Å². The molecule has 1 amide bonds. The first-order valence-corrected chi connectivity index (χ1v) is 6.07. The summed E-state index contributed by atoms with van der Waals surface area (Å²) in [6.45, 7) is 6.10. The van der Waals surface area contributed by atoms with Crippen molar-refractivity contribution in [1.29, 1.82) is 0 Å². The van der Waals surface area contributed by atoms with Crippen LogP contribution in [0.2, 0.25) is 0 Å². The number of carbonyl (C=O) groups excluding carboxylic acids is 1. The van der Waals surface area contributed by atoms with Crippen molar-refractivity contribution in [2.24, 2.45) is 0 Å². The van der Waals surface area contributed by atoms with Crippen LogP contribution in [0.1, 0.15) is 26.2 Å². The first-order chi connectivity index (χ1) is 7.33. The van der Waals surface area contributed by atoms with E-state index in [4.69, 9.17) is 0 Å². The normalized spacial score (nSPS) is 33.8. The molecule has 2 atom stereocenters. The predicted molar refractivity (Wildman–Crippen MR) is 59.7 cm³/mol. The van der Waals surface area contributed by atoms with Crippen molar-refractivity contribution >= 4 is 5.91 Å². The molecular weight excluding hydrogens is 190 g/mol. The molecule has 15 heavy (non-hydrogen) atoms. The van der Waals surface area contributed by atoms with Crippen LogP contribution in [-0.4, -0.2) is 49.1 Å². The quantitative estimate of drug-likeness (QED) is 0.673. The van der Waals surface area contributed by atoms with Crippen LogP contribution in [0.4, 0.5) is 0 Å². The summed E-state index contributed by atoms with van der Waals surface area (Å²) in [5.74, 6) is 0.217. The Morgan fingerprint density at radius 1 is 1.47 bits per heavy atom. The third-order valence-corrected chi connectivity index (χ3v) is 3.50. The zero-order valence-electron chi connectivity index (χ0n) is 9.46. The number of piperidine rings is 1. The summed E-state index contributed by atoms with van der Waals surface area (Å²) in [7, 11) is 0. The lowest BCUT2D eigenvalue weighted by Crippen LogP contribution is -2.60. The molecule has 0 aromatic heterocycles. The number of carbonyl (C=O) groups is 1. The largest absolute Gasteiger partial charge is 0.353 e. The van der Waals surface area contributed by atoms with Gasteiger partial charge in [-0.25, -0.2) is 0 Å². The molecule has 2 N–H and O–H groups in total. The highest BCUT2D eigenvalue weighted by molar-refractivity contribution is 5.82. The van der Waals surface area contributed by atoms with Crippen molar-refractivity contribution in [2.45, 2.75) is 38.3 Å². The molecule has 2 heterocycles. The van der Waals surface area contributed by atoms with Crippen LogP contribution in [0.5, 0.6) is 0 Å². The molecule has 2 fully saturated rings. The molecule has 0 saturated carbocycles. The molecule has 2 aliphatic heterocycles. The Morgan fingerprint density at radius 3 is 3.00 bits per heavy atom. The second kappa shape index (κ2) is 4.94. The Morgan fingerprint density at radius 2 is 2.33 bits per heavy atom. The average Bonchev–Trinajstić information content (AvgIpc) is 2.30. The van der Waals surface area contributed by atoms with Crippen LogP contribution in [0.3, 0.4) is 0 Å². The number of rotatable bonds is 2. The summed E-state index contributed by atoms with van der Waals surface area (Å²) in [5, 5.41) is 6.37. The highest BCUT2D eigenvalue weighted by Crippen LogP contribution is 2.17. The van der Waals surface area contributed by atoms with E-state index in [1.165, 1.54) is 12.8 Å². The number of hydrogen-bond acceptors (Lipinski definition) is 3. The summed E-state index contributed by atoms with van der Waals surface area (Å²) in [5.41, 5.74) is 0. The number of hydrogen-bond donors (Lipinski definition) is 2. The van der Waals surface area contributed by atoms with E-state index in [0.717, 1.165) is 32.6 Å². The van der Waals surface area contributed by atoms with Crippen LogP contribution >= 0.6 is 0 Å². The minimum atomic E-state index is 0.101. The Bertz CT molecular complexity index is 226.